The molecule has 0 aliphatic rings. The molecule has 3 nitrogen and oxygen atoms in total. The summed E-state index contributed by atoms with van der Waals surface area (Å²) in [6, 6.07) is 9.43. The van der Waals surface area contributed by atoms with Crippen LogP contribution < -0.4 is 4.74 Å². The maximum absolute atomic E-state index is 12.1. The molecule has 0 amide bonds. The van der Waals surface area contributed by atoms with Crippen molar-refractivity contribution in [3.63, 3.8) is 0 Å². The van der Waals surface area contributed by atoms with Crippen molar-refractivity contribution in [2.45, 2.75) is 6.36 Å². The van der Waals surface area contributed by atoms with Crippen LogP contribution in [0, 0.1) is 0 Å². The molecule has 0 aromatic heterocycles. The van der Waals surface area contributed by atoms with Crippen molar-refractivity contribution in [1.29, 1.82) is 0 Å². The second-order valence-electron chi connectivity index (χ2n) is 4.04. The number of ether oxygens (including phenoxy) is 1. The Hall–Kier alpha value is -2.21. The summed E-state index contributed by atoms with van der Waals surface area (Å²) in [7, 11) is 0. The molecule has 0 radical (unpaired) electrons. The van der Waals surface area contributed by atoms with Gasteiger partial charge in [0.1, 0.15) is 5.75 Å². The molecule has 1 N–H and O–H groups in total. The topological polar surface area (TPSA) is 46.5 Å². The fourth-order valence-electron chi connectivity index (χ4n) is 1.76. The van der Waals surface area contributed by atoms with E-state index < -0.39 is 12.3 Å². The largest absolute Gasteiger partial charge is 0.573 e. The van der Waals surface area contributed by atoms with E-state index in [0.717, 1.165) is 12.1 Å². The van der Waals surface area contributed by atoms with Gasteiger partial charge in [0.25, 0.3) is 0 Å². The third-order valence-electron chi connectivity index (χ3n) is 2.63. The molecule has 0 unspecified atom stereocenters. The maximum Gasteiger partial charge on any atom is 0.573 e. The van der Waals surface area contributed by atoms with E-state index >= 15 is 0 Å². The van der Waals surface area contributed by atoms with Gasteiger partial charge in [-0.05, 0) is 23.8 Å². The Morgan fingerprint density at radius 2 is 1.71 bits per heavy atom. The molecule has 0 saturated carbocycles. The third-order valence-corrected chi connectivity index (χ3v) is 3.04. The van der Waals surface area contributed by atoms with E-state index in [1.165, 1.54) is 24.3 Å². The van der Waals surface area contributed by atoms with E-state index in [-0.39, 0.29) is 16.3 Å². The van der Waals surface area contributed by atoms with Gasteiger partial charge in [-0.3, -0.25) is 0 Å². The first kappa shape index (κ1) is 15.2. The van der Waals surface area contributed by atoms with Crippen molar-refractivity contribution in [3.8, 4) is 16.9 Å². The van der Waals surface area contributed by atoms with Gasteiger partial charge >= 0.3 is 12.3 Å². The van der Waals surface area contributed by atoms with Gasteiger partial charge in [0, 0.05) is 5.56 Å². The number of carboxylic acids is 1. The summed E-state index contributed by atoms with van der Waals surface area (Å²) in [5.41, 5.74) is 0.817. The van der Waals surface area contributed by atoms with E-state index in [4.69, 9.17) is 16.7 Å². The van der Waals surface area contributed by atoms with Gasteiger partial charge in [-0.25, -0.2) is 4.79 Å². The zero-order chi connectivity index (χ0) is 15.6. The number of carboxylic acid groups (broad SMARTS) is 1. The molecule has 0 aliphatic carbocycles. The Labute approximate surface area is 122 Å². The van der Waals surface area contributed by atoms with Gasteiger partial charge in [0.05, 0.1) is 10.6 Å². The van der Waals surface area contributed by atoms with E-state index in [2.05, 4.69) is 4.74 Å². The molecule has 0 heterocycles. The molecule has 0 saturated heterocycles. The minimum Gasteiger partial charge on any atom is -0.478 e. The van der Waals surface area contributed by atoms with Crippen LogP contribution >= 0.6 is 11.6 Å². The minimum atomic E-state index is -4.76. The summed E-state index contributed by atoms with van der Waals surface area (Å²) in [6.07, 6.45) is -4.76. The summed E-state index contributed by atoms with van der Waals surface area (Å²) in [6.45, 7) is 0. The molecule has 2 rings (SSSR count). The molecular weight excluding hydrogens is 309 g/mol. The van der Waals surface area contributed by atoms with E-state index in [9.17, 15) is 18.0 Å². The van der Waals surface area contributed by atoms with E-state index in [1.807, 2.05) is 0 Å². The molecule has 0 spiro atoms. The van der Waals surface area contributed by atoms with Gasteiger partial charge < -0.3 is 9.84 Å². The molecule has 2 aromatic rings. The van der Waals surface area contributed by atoms with Gasteiger partial charge in [0.15, 0.2) is 0 Å². The first-order chi connectivity index (χ1) is 9.78. The van der Waals surface area contributed by atoms with Crippen molar-refractivity contribution >= 4 is 17.6 Å². The summed E-state index contributed by atoms with van der Waals surface area (Å²) >= 11 is 5.99. The number of hydrogen-bond acceptors (Lipinski definition) is 2. The molecular formula is C14H8ClF3O3. The van der Waals surface area contributed by atoms with Crippen LogP contribution in [0.5, 0.6) is 5.75 Å². The number of benzene rings is 2. The lowest BCUT2D eigenvalue weighted by atomic mass is 10.0. The van der Waals surface area contributed by atoms with E-state index in [1.54, 1.807) is 6.07 Å². The van der Waals surface area contributed by atoms with Gasteiger partial charge in [-0.1, -0.05) is 35.9 Å². The van der Waals surface area contributed by atoms with Crippen LogP contribution in [0.3, 0.4) is 0 Å². The Morgan fingerprint density at radius 3 is 2.24 bits per heavy atom. The molecule has 110 valence electrons. The maximum atomic E-state index is 12.1. The second kappa shape index (κ2) is 5.65. The number of halogens is 4. The Kier molecular flexibility index (Phi) is 4.09. The van der Waals surface area contributed by atoms with Crippen LogP contribution in [0.2, 0.25) is 5.02 Å². The fraction of sp³-hybridized carbons (Fsp3) is 0.0714. The molecule has 7 heteroatoms. The van der Waals surface area contributed by atoms with Gasteiger partial charge in [-0.2, -0.15) is 0 Å². The summed E-state index contributed by atoms with van der Waals surface area (Å²) in [4.78, 5) is 11.0. The number of hydrogen-bond donors (Lipinski definition) is 1. The third kappa shape index (κ3) is 3.66. The highest BCUT2D eigenvalue weighted by Gasteiger charge is 2.31. The van der Waals surface area contributed by atoms with Crippen LogP contribution in [0.25, 0.3) is 11.1 Å². The van der Waals surface area contributed by atoms with Crippen LogP contribution in [-0.4, -0.2) is 17.4 Å². The zero-order valence-corrected chi connectivity index (χ0v) is 11.1. The smallest absolute Gasteiger partial charge is 0.478 e. The van der Waals surface area contributed by atoms with Crippen LogP contribution in [0.1, 0.15) is 10.4 Å². The summed E-state index contributed by atoms with van der Waals surface area (Å²) in [5.74, 6) is -1.55. The lowest BCUT2D eigenvalue weighted by molar-refractivity contribution is -0.274. The van der Waals surface area contributed by atoms with Crippen molar-refractivity contribution in [2.24, 2.45) is 0 Å². The van der Waals surface area contributed by atoms with Crippen LogP contribution in [0.15, 0.2) is 42.5 Å². The predicted octanol–water partition coefficient (Wildman–Crippen LogP) is 4.60. The highest BCUT2D eigenvalue weighted by molar-refractivity contribution is 6.36. The molecule has 0 atom stereocenters. The van der Waals surface area contributed by atoms with Crippen molar-refractivity contribution in [1.82, 2.24) is 0 Å². The first-order valence-electron chi connectivity index (χ1n) is 5.66. The Morgan fingerprint density at radius 1 is 1.10 bits per heavy atom. The number of aromatic carboxylic acids is 1. The van der Waals surface area contributed by atoms with Gasteiger partial charge in [-0.15, -0.1) is 13.2 Å². The molecule has 2 aromatic carbocycles. The quantitative estimate of drug-likeness (QED) is 0.900. The highest BCUT2D eigenvalue weighted by atomic mass is 35.5. The summed E-state index contributed by atoms with van der Waals surface area (Å²) in [5, 5.41) is 9.00. The van der Waals surface area contributed by atoms with Gasteiger partial charge in [0.2, 0.25) is 0 Å². The number of carbonyl (C=O) groups is 1. The minimum absolute atomic E-state index is 0.0227. The Bertz CT molecular complexity index is 666. The first-order valence-corrected chi connectivity index (χ1v) is 6.04. The SMILES string of the molecule is O=C(O)c1cccc(-c2ccc(OC(F)(F)F)cc2)c1Cl. The summed E-state index contributed by atoms with van der Waals surface area (Å²) < 4.78 is 39.9. The number of alkyl halides is 3. The number of rotatable bonds is 3. The van der Waals surface area contributed by atoms with E-state index in [0.29, 0.717) is 11.1 Å². The average Bonchev–Trinajstić information content (AvgIpc) is 2.38. The highest BCUT2D eigenvalue weighted by Crippen LogP contribution is 2.32. The molecule has 0 bridgehead atoms. The normalized spacial score (nSPS) is 11.2. The van der Waals surface area contributed by atoms with Crippen molar-refractivity contribution < 1.29 is 27.8 Å². The van der Waals surface area contributed by atoms with Crippen LogP contribution in [0.4, 0.5) is 13.2 Å². The second-order valence-corrected chi connectivity index (χ2v) is 4.42. The average molecular weight is 317 g/mol. The lowest BCUT2D eigenvalue weighted by Gasteiger charge is -2.10. The molecule has 21 heavy (non-hydrogen) atoms. The van der Waals surface area contributed by atoms with Crippen LogP contribution in [-0.2, 0) is 0 Å². The molecule has 0 aliphatic heterocycles. The fourth-order valence-corrected chi connectivity index (χ4v) is 2.07. The monoisotopic (exact) mass is 316 g/mol. The lowest BCUT2D eigenvalue weighted by Crippen LogP contribution is -2.16. The Balaban J connectivity index is 2.35. The van der Waals surface area contributed by atoms with Crippen molar-refractivity contribution in [3.05, 3.63) is 53.1 Å². The molecule has 0 fully saturated rings. The predicted molar refractivity (Wildman–Crippen MR) is 70.5 cm³/mol. The zero-order valence-electron chi connectivity index (χ0n) is 10.3. The standard InChI is InChI=1S/C14H8ClF3O3/c15-12-10(2-1-3-11(12)13(19)20)8-4-6-9(7-5-8)21-14(16,17)18/h1-7H,(H,19,20). The van der Waals surface area contributed by atoms with Crippen molar-refractivity contribution in [2.75, 3.05) is 0 Å².